The lowest BCUT2D eigenvalue weighted by molar-refractivity contribution is 0.161. The van der Waals surface area contributed by atoms with Crippen LogP contribution < -0.4 is 5.32 Å². The minimum atomic E-state index is -0.259. The lowest BCUT2D eigenvalue weighted by Gasteiger charge is -2.29. The second-order valence-electron chi connectivity index (χ2n) is 5.91. The summed E-state index contributed by atoms with van der Waals surface area (Å²) in [4.78, 5) is 18.9. The number of carbonyl (C=O) groups excluding carboxylic acids is 1. The van der Waals surface area contributed by atoms with Gasteiger partial charge in [0.15, 0.2) is 5.82 Å². The third-order valence-electron chi connectivity index (χ3n) is 4.11. The molecule has 0 spiro atoms. The Labute approximate surface area is 135 Å². The summed E-state index contributed by atoms with van der Waals surface area (Å²) in [5.74, 6) is 1.80. The van der Waals surface area contributed by atoms with E-state index >= 15 is 0 Å². The van der Waals surface area contributed by atoms with Crippen LogP contribution >= 0.6 is 0 Å². The van der Waals surface area contributed by atoms with E-state index in [4.69, 9.17) is 8.94 Å². The Bertz CT molecular complexity index is 648. The summed E-state index contributed by atoms with van der Waals surface area (Å²) in [7, 11) is 0. The van der Waals surface area contributed by atoms with Gasteiger partial charge in [-0.25, -0.2) is 4.79 Å². The summed E-state index contributed by atoms with van der Waals surface area (Å²) in [6, 6.07) is 3.51. The number of urea groups is 1. The SMILES string of the molecule is CC[C@@H](NC(=O)N(C1CC1)[C@@H](C)c1ccco1)c1noc(C)n1. The van der Waals surface area contributed by atoms with Crippen LogP contribution in [0.2, 0.25) is 0 Å². The van der Waals surface area contributed by atoms with Crippen LogP contribution in [0.1, 0.15) is 62.7 Å². The molecule has 0 aromatic carbocycles. The highest BCUT2D eigenvalue weighted by atomic mass is 16.5. The van der Waals surface area contributed by atoms with Crippen LogP contribution in [-0.4, -0.2) is 27.1 Å². The number of nitrogens with one attached hydrogen (secondary N) is 1. The Morgan fingerprint density at radius 3 is 2.83 bits per heavy atom. The molecule has 2 atom stereocenters. The molecule has 1 aliphatic carbocycles. The predicted octanol–water partition coefficient (Wildman–Crippen LogP) is 3.36. The molecule has 7 nitrogen and oxygen atoms in total. The van der Waals surface area contributed by atoms with Crippen molar-refractivity contribution in [3.05, 3.63) is 35.9 Å². The average molecular weight is 318 g/mol. The number of carbonyl (C=O) groups is 1. The first kappa shape index (κ1) is 15.6. The molecule has 1 fully saturated rings. The number of hydrogen-bond donors (Lipinski definition) is 1. The number of amides is 2. The van der Waals surface area contributed by atoms with Gasteiger partial charge in [0.1, 0.15) is 5.76 Å². The zero-order valence-corrected chi connectivity index (χ0v) is 13.7. The summed E-state index contributed by atoms with van der Waals surface area (Å²) in [6.07, 6.45) is 4.37. The molecule has 0 saturated heterocycles. The topological polar surface area (TPSA) is 84.4 Å². The highest BCUT2D eigenvalue weighted by Crippen LogP contribution is 2.34. The molecular weight excluding hydrogens is 296 g/mol. The standard InChI is InChI=1S/C16H22N4O3/c1-4-13(15-17-11(3)23-19-15)18-16(21)20(12-7-8-12)10(2)14-6-5-9-22-14/h5-6,9-10,12-13H,4,7-8H2,1-3H3,(H,18,21)/t10-,13+/m0/s1. The Balaban J connectivity index is 1.73. The first-order valence-electron chi connectivity index (χ1n) is 8.02. The fraction of sp³-hybridized carbons (Fsp3) is 0.562. The molecule has 2 heterocycles. The van der Waals surface area contributed by atoms with Gasteiger partial charge in [-0.15, -0.1) is 0 Å². The third kappa shape index (κ3) is 3.38. The van der Waals surface area contributed by atoms with Crippen molar-refractivity contribution in [1.29, 1.82) is 0 Å². The maximum Gasteiger partial charge on any atom is 0.318 e. The van der Waals surface area contributed by atoms with E-state index in [0.717, 1.165) is 18.6 Å². The van der Waals surface area contributed by atoms with Crippen LogP contribution in [-0.2, 0) is 0 Å². The van der Waals surface area contributed by atoms with Gasteiger partial charge >= 0.3 is 6.03 Å². The predicted molar refractivity (Wildman–Crippen MR) is 82.6 cm³/mol. The Morgan fingerprint density at radius 1 is 1.52 bits per heavy atom. The van der Waals surface area contributed by atoms with Crippen LogP contribution in [0, 0.1) is 6.92 Å². The zero-order chi connectivity index (χ0) is 16.4. The molecule has 2 aromatic heterocycles. The van der Waals surface area contributed by atoms with Gasteiger partial charge in [0.25, 0.3) is 0 Å². The van der Waals surface area contributed by atoms with Crippen LogP contribution in [0.4, 0.5) is 4.79 Å². The molecule has 7 heteroatoms. The van der Waals surface area contributed by atoms with Crippen molar-refractivity contribution in [3.8, 4) is 0 Å². The van der Waals surface area contributed by atoms with Crippen molar-refractivity contribution >= 4 is 6.03 Å². The van der Waals surface area contributed by atoms with Gasteiger partial charge in [-0.2, -0.15) is 4.98 Å². The van der Waals surface area contributed by atoms with Crippen molar-refractivity contribution in [2.75, 3.05) is 0 Å². The summed E-state index contributed by atoms with van der Waals surface area (Å²) in [6.45, 7) is 5.70. The number of furan rings is 1. The number of aromatic nitrogens is 2. The Morgan fingerprint density at radius 2 is 2.30 bits per heavy atom. The normalized spacial score (nSPS) is 16.8. The summed E-state index contributed by atoms with van der Waals surface area (Å²) in [5, 5.41) is 6.94. The maximum atomic E-state index is 12.8. The van der Waals surface area contributed by atoms with E-state index in [0.29, 0.717) is 18.1 Å². The van der Waals surface area contributed by atoms with E-state index in [1.807, 2.05) is 30.9 Å². The average Bonchev–Trinajstić information content (AvgIpc) is 3.03. The zero-order valence-electron chi connectivity index (χ0n) is 13.7. The largest absolute Gasteiger partial charge is 0.467 e. The van der Waals surface area contributed by atoms with Gasteiger partial charge in [-0.05, 0) is 38.3 Å². The van der Waals surface area contributed by atoms with E-state index in [9.17, 15) is 4.79 Å². The second kappa shape index (κ2) is 6.44. The van der Waals surface area contributed by atoms with Crippen molar-refractivity contribution in [3.63, 3.8) is 0 Å². The lowest BCUT2D eigenvalue weighted by Crippen LogP contribution is -2.44. The quantitative estimate of drug-likeness (QED) is 0.883. The van der Waals surface area contributed by atoms with E-state index < -0.39 is 0 Å². The summed E-state index contributed by atoms with van der Waals surface area (Å²) < 4.78 is 10.5. The molecule has 124 valence electrons. The van der Waals surface area contributed by atoms with Gasteiger partial charge in [-0.3, -0.25) is 0 Å². The third-order valence-corrected chi connectivity index (χ3v) is 4.11. The number of hydrogen-bond acceptors (Lipinski definition) is 5. The molecule has 0 bridgehead atoms. The van der Waals surface area contributed by atoms with Gasteiger partial charge < -0.3 is 19.2 Å². The lowest BCUT2D eigenvalue weighted by atomic mass is 10.2. The molecular formula is C16H22N4O3. The number of nitrogens with zero attached hydrogens (tertiary/aromatic N) is 3. The van der Waals surface area contributed by atoms with Crippen molar-refractivity contribution < 1.29 is 13.7 Å². The van der Waals surface area contributed by atoms with Gasteiger partial charge in [0.05, 0.1) is 18.3 Å². The smallest absolute Gasteiger partial charge is 0.318 e. The van der Waals surface area contributed by atoms with E-state index in [2.05, 4.69) is 15.5 Å². The van der Waals surface area contributed by atoms with Crippen LogP contribution in [0.3, 0.4) is 0 Å². The minimum absolute atomic E-state index is 0.109. The van der Waals surface area contributed by atoms with Crippen LogP contribution in [0.25, 0.3) is 0 Å². The fourth-order valence-corrected chi connectivity index (χ4v) is 2.71. The first-order chi connectivity index (χ1) is 11.1. The highest BCUT2D eigenvalue weighted by molar-refractivity contribution is 5.75. The summed E-state index contributed by atoms with van der Waals surface area (Å²) in [5.41, 5.74) is 0. The molecule has 0 unspecified atom stereocenters. The number of aryl methyl sites for hydroxylation is 1. The molecule has 1 N–H and O–H groups in total. The van der Waals surface area contributed by atoms with E-state index in [1.165, 1.54) is 0 Å². The van der Waals surface area contributed by atoms with Crippen LogP contribution in [0.5, 0.6) is 0 Å². The molecule has 1 aliphatic rings. The molecule has 23 heavy (non-hydrogen) atoms. The maximum absolute atomic E-state index is 12.8. The van der Waals surface area contributed by atoms with Crippen LogP contribution in [0.15, 0.2) is 27.3 Å². The summed E-state index contributed by atoms with van der Waals surface area (Å²) >= 11 is 0. The minimum Gasteiger partial charge on any atom is -0.467 e. The molecule has 2 amide bonds. The van der Waals surface area contributed by atoms with Crippen molar-refractivity contribution in [2.45, 2.75) is 58.2 Å². The van der Waals surface area contributed by atoms with Gasteiger partial charge in [0, 0.05) is 13.0 Å². The fourth-order valence-electron chi connectivity index (χ4n) is 2.71. The second-order valence-corrected chi connectivity index (χ2v) is 5.91. The Kier molecular flexibility index (Phi) is 4.36. The monoisotopic (exact) mass is 318 g/mol. The van der Waals surface area contributed by atoms with Gasteiger partial charge in [-0.1, -0.05) is 12.1 Å². The highest BCUT2D eigenvalue weighted by Gasteiger charge is 2.38. The van der Waals surface area contributed by atoms with E-state index in [1.54, 1.807) is 13.2 Å². The van der Waals surface area contributed by atoms with Gasteiger partial charge in [0.2, 0.25) is 5.89 Å². The molecule has 1 saturated carbocycles. The molecule has 3 rings (SSSR count). The van der Waals surface area contributed by atoms with E-state index in [-0.39, 0.29) is 24.2 Å². The first-order valence-corrected chi connectivity index (χ1v) is 8.02. The number of rotatable bonds is 6. The van der Waals surface area contributed by atoms with Crippen molar-refractivity contribution in [2.24, 2.45) is 0 Å². The Hall–Kier alpha value is -2.31. The van der Waals surface area contributed by atoms with Crippen molar-refractivity contribution in [1.82, 2.24) is 20.4 Å². The molecule has 0 radical (unpaired) electrons. The molecule has 0 aliphatic heterocycles. The molecule has 2 aromatic rings.